The smallest absolute Gasteiger partial charge is 0.407 e. The summed E-state index contributed by atoms with van der Waals surface area (Å²) in [5.41, 5.74) is 15.5. The molecule has 6 rings (SSSR count). The van der Waals surface area contributed by atoms with Gasteiger partial charge < -0.3 is 60.5 Å². The van der Waals surface area contributed by atoms with Crippen LogP contribution < -0.4 is 36.1 Å². The Morgan fingerprint density at radius 1 is 0.415 bits per heavy atom. The molecule has 123 heavy (non-hydrogen) atoms. The van der Waals surface area contributed by atoms with E-state index < -0.39 is 15.4 Å². The van der Waals surface area contributed by atoms with Gasteiger partial charge in [0.15, 0.2) is 0 Å². The predicted molar refractivity (Wildman–Crippen MR) is 495 cm³/mol. The topological polar surface area (TPSA) is 394 Å². The first-order valence-electron chi connectivity index (χ1n) is 44.7. The number of nitro groups is 2. The number of non-ortho nitro benzene ring substituents is 2. The highest BCUT2D eigenvalue weighted by molar-refractivity contribution is 9.09. The lowest BCUT2D eigenvalue weighted by Crippen LogP contribution is -2.33. The average molecular weight is 1770 g/mol. The molecule has 29 nitrogen and oxygen atoms in total. The molecule has 0 saturated heterocycles. The summed E-state index contributed by atoms with van der Waals surface area (Å²) in [6.07, 6.45) is 42.3. The molecule has 0 unspecified atom stereocenters. The molecular weight excluding hydrogens is 1630 g/mol. The maximum atomic E-state index is 12.4. The van der Waals surface area contributed by atoms with Gasteiger partial charge in [0, 0.05) is 111 Å². The van der Waals surface area contributed by atoms with E-state index in [4.69, 9.17) is 35.2 Å². The summed E-state index contributed by atoms with van der Waals surface area (Å²) >= 11 is 3.19. The molecule has 0 saturated carbocycles. The number of ether oxygens (including phenoxy) is 5. The van der Waals surface area contributed by atoms with Crippen molar-refractivity contribution >= 4 is 102 Å². The van der Waals surface area contributed by atoms with Crippen molar-refractivity contribution in [1.29, 1.82) is 0 Å². The molecule has 6 aromatic rings. The Kier molecular flexibility index (Phi) is 56.1. The molecule has 0 aliphatic carbocycles. The highest BCUT2D eigenvalue weighted by atomic mass is 79.9. The second kappa shape index (κ2) is 65.6. The van der Waals surface area contributed by atoms with Crippen LogP contribution in [0.2, 0.25) is 0 Å². The van der Waals surface area contributed by atoms with Crippen LogP contribution in [0.3, 0.4) is 0 Å². The van der Waals surface area contributed by atoms with E-state index in [1.807, 2.05) is 64.1 Å². The van der Waals surface area contributed by atoms with Gasteiger partial charge in [0.05, 0.1) is 45.7 Å². The van der Waals surface area contributed by atoms with Crippen molar-refractivity contribution in [3.05, 3.63) is 142 Å². The van der Waals surface area contributed by atoms with E-state index in [1.165, 1.54) is 240 Å². The van der Waals surface area contributed by atoms with Crippen molar-refractivity contribution in [3.63, 3.8) is 0 Å². The zero-order chi connectivity index (χ0) is 89.3. The fraction of sp³-hybridized carbons (Fsp3) is 0.581. The lowest BCUT2D eigenvalue weighted by molar-refractivity contribution is -0.385. The molecule has 0 spiro atoms. The van der Waals surface area contributed by atoms with E-state index in [9.17, 15) is 44.8 Å². The molecule has 30 heteroatoms. The Labute approximate surface area is 738 Å². The maximum absolute atomic E-state index is 12.4. The maximum Gasteiger partial charge on any atom is 0.407 e. The molecule has 6 aromatic carbocycles. The summed E-state index contributed by atoms with van der Waals surface area (Å²) < 4.78 is 27.8. The Morgan fingerprint density at radius 3 is 0.967 bits per heavy atom. The number of nitrogens with zero attached hydrogens (tertiary/aromatic N) is 12. The van der Waals surface area contributed by atoms with E-state index in [-0.39, 0.29) is 78.6 Å². The first-order valence-corrected chi connectivity index (χ1v) is 45.9. The number of phenolic OH excluding ortho intramolecular Hbond substituents is 2. The Balaban J connectivity index is 0.000000461. The van der Waals surface area contributed by atoms with Crippen LogP contribution in [0.15, 0.2) is 162 Å². The number of carbonyl (C=O) groups excluding carboxylic acids is 3. The van der Waals surface area contributed by atoms with Gasteiger partial charge in [-0.2, -0.15) is 20.5 Å². The van der Waals surface area contributed by atoms with Crippen molar-refractivity contribution in [2.45, 2.75) is 272 Å². The summed E-state index contributed by atoms with van der Waals surface area (Å²) in [6.45, 7) is 19.0. The number of nitro benzene ring substituents is 2. The Hall–Kier alpha value is -10.1. The Bertz CT molecular complexity index is 4020. The van der Waals surface area contributed by atoms with E-state index in [0.717, 1.165) is 55.5 Å². The van der Waals surface area contributed by atoms with Gasteiger partial charge in [0.2, 0.25) is 0 Å². The Morgan fingerprint density at radius 2 is 0.699 bits per heavy atom. The van der Waals surface area contributed by atoms with E-state index in [0.29, 0.717) is 91.3 Å². The van der Waals surface area contributed by atoms with Crippen molar-refractivity contribution in [3.8, 4) is 23.0 Å². The van der Waals surface area contributed by atoms with E-state index >= 15 is 0 Å². The summed E-state index contributed by atoms with van der Waals surface area (Å²) in [4.78, 5) is 60.6. The lowest BCUT2D eigenvalue weighted by atomic mass is 10.0. The number of aromatic hydroxyl groups is 2. The SMILES string of the molecule is CC(C)(C)OC(=O)NCCBr.CCCCCCCCCCCCCCCCCCC(=O)OCCN(CC)c1ccc(N=Nc2cc(O)c(N=Nc3ccc([N+](=O)[O-])cc3)cc2O)cc1.CCCCCCCCCCCCCCCCCCC(=O)OCCN(CC)c1ccc(N=Nc2cc(OCCN)c(N=Nc3ccc([N+](=O)[O-])cc3)cc2OCCN)cc1. The van der Waals surface area contributed by atoms with Crippen LogP contribution in [0.4, 0.5) is 73.0 Å². The van der Waals surface area contributed by atoms with E-state index in [1.54, 1.807) is 24.3 Å². The minimum Gasteiger partial charge on any atom is -0.506 e. The van der Waals surface area contributed by atoms with Crippen LogP contribution in [0.5, 0.6) is 23.0 Å². The summed E-state index contributed by atoms with van der Waals surface area (Å²) in [5.74, 6) is -0.0828. The third-order valence-corrected chi connectivity index (χ3v) is 20.1. The number of hydrogen-bond acceptors (Lipinski definition) is 26. The zero-order valence-corrected chi connectivity index (χ0v) is 75.9. The number of unbranched alkanes of at least 4 members (excludes halogenated alkanes) is 30. The second-order valence-electron chi connectivity index (χ2n) is 31.1. The average Bonchev–Trinajstić information content (AvgIpc) is 0.822. The first-order chi connectivity index (χ1) is 59.6. The number of nitrogens with two attached hydrogens (primary N) is 2. The fourth-order valence-corrected chi connectivity index (χ4v) is 13.1. The second-order valence-corrected chi connectivity index (χ2v) is 31.9. The number of hydrogen-bond donors (Lipinski definition) is 5. The van der Waals surface area contributed by atoms with Gasteiger partial charge in [-0.3, -0.25) is 29.8 Å². The quantitative estimate of drug-likeness (QED) is 0.00346. The molecule has 0 aliphatic heterocycles. The highest BCUT2D eigenvalue weighted by Crippen LogP contribution is 2.43. The van der Waals surface area contributed by atoms with Gasteiger partial charge in [-0.1, -0.05) is 222 Å². The third-order valence-electron chi connectivity index (χ3n) is 19.8. The molecule has 0 bridgehead atoms. The van der Waals surface area contributed by atoms with Gasteiger partial charge in [0.1, 0.15) is 77.8 Å². The fourth-order valence-electron chi connectivity index (χ4n) is 12.9. The minimum atomic E-state index is -0.518. The van der Waals surface area contributed by atoms with Crippen LogP contribution in [0, 0.1) is 20.2 Å². The molecule has 0 aliphatic rings. The number of carbonyl (C=O) groups is 3. The number of likely N-dealkylation sites (N-methyl/N-ethyl adjacent to an activating group) is 2. The molecule has 0 fully saturated rings. The predicted octanol–water partition coefficient (Wildman–Crippen LogP) is 26.9. The largest absolute Gasteiger partial charge is 0.506 e. The van der Waals surface area contributed by atoms with Gasteiger partial charge in [-0.25, -0.2) is 4.79 Å². The van der Waals surface area contributed by atoms with Gasteiger partial charge in [0.25, 0.3) is 11.4 Å². The van der Waals surface area contributed by atoms with Crippen LogP contribution in [-0.4, -0.2) is 121 Å². The van der Waals surface area contributed by atoms with Crippen molar-refractivity contribution in [2.75, 3.05) is 87.4 Å². The van der Waals surface area contributed by atoms with Crippen LogP contribution in [0.25, 0.3) is 0 Å². The molecular formula is C93H140BrN15O14. The first kappa shape index (κ1) is 105. The molecule has 0 radical (unpaired) electrons. The number of rotatable bonds is 62. The summed E-state index contributed by atoms with van der Waals surface area (Å²) in [7, 11) is 0. The standard InChI is InChI=1S/C45H68N8O6.C41H58N6O6.C7H14BrNO2/c1-3-5-6-7-8-9-10-11-12-13-14-15-16-17-18-19-20-45(54)59-34-31-52(4-2)39-25-21-37(22-26-39)48-50-41-35-44(58-33-30-47)42(36-43(41)57-32-29-46)51-49-38-23-27-40(28-24-38)53(55)56;1-3-5-6-7-8-9-10-11-12-13-14-15-16-17-18-19-20-41(50)53-30-29-46(4-2)35-25-21-33(22-26-35)42-44-37-31-40(49)38(32-39(37)48)45-43-34-23-27-36(28-24-34)47(51)52;1-7(2,3)11-6(10)9-5-4-8/h21-28,35-36H,3-20,29-34,46-47H2,1-2H3;21-28,31-32,48-49H,3-20,29-30H2,1-2H3;4-5H2,1-3H3,(H,9,10). The molecule has 0 aromatic heterocycles. The molecule has 678 valence electrons. The highest BCUT2D eigenvalue weighted by Gasteiger charge is 2.18. The lowest BCUT2D eigenvalue weighted by Gasteiger charge is -2.23. The van der Waals surface area contributed by atoms with Gasteiger partial charge in [-0.05, 0) is 120 Å². The summed E-state index contributed by atoms with van der Waals surface area (Å²) in [6, 6.07) is 31.8. The van der Waals surface area contributed by atoms with Crippen LogP contribution in [0.1, 0.15) is 267 Å². The zero-order valence-electron chi connectivity index (χ0n) is 74.3. The number of nitrogens with one attached hydrogen (secondary N) is 1. The number of alkyl halides is 1. The van der Waals surface area contributed by atoms with Crippen molar-refractivity contribution < 1.29 is 58.1 Å². The number of alkyl carbamates (subject to hydrolysis) is 1. The van der Waals surface area contributed by atoms with Crippen LogP contribution >= 0.6 is 15.9 Å². The minimum absolute atomic E-state index is 0.00490. The molecule has 1 amide bonds. The number of amides is 1. The van der Waals surface area contributed by atoms with Crippen molar-refractivity contribution in [2.24, 2.45) is 52.4 Å². The number of benzene rings is 6. The molecule has 0 heterocycles. The third kappa shape index (κ3) is 48.5. The monoisotopic (exact) mass is 1770 g/mol. The number of anilines is 2. The number of halogens is 1. The summed E-state index contributed by atoms with van der Waals surface area (Å²) in [5, 5.41) is 79.5. The van der Waals surface area contributed by atoms with Gasteiger partial charge in [-0.15, -0.1) is 20.5 Å². The normalized spacial score (nSPS) is 11.4. The number of esters is 2. The van der Waals surface area contributed by atoms with Crippen molar-refractivity contribution in [1.82, 2.24) is 5.32 Å². The number of phenols is 2. The van der Waals surface area contributed by atoms with Gasteiger partial charge >= 0.3 is 18.0 Å². The number of azo groups is 4. The molecule has 0 atom stereocenters. The molecule has 7 N–H and O–H groups in total. The van der Waals surface area contributed by atoms with Crippen LogP contribution in [-0.2, 0) is 23.8 Å². The van der Waals surface area contributed by atoms with E-state index in [2.05, 4.69) is 92.7 Å².